The predicted molar refractivity (Wildman–Crippen MR) is 86.7 cm³/mol. The average Bonchev–Trinajstić information content (AvgIpc) is 2.39. The summed E-state index contributed by atoms with van der Waals surface area (Å²) in [6, 6.07) is 3.55. The van der Waals surface area contributed by atoms with Crippen LogP contribution in [0.2, 0.25) is 0 Å². The highest BCUT2D eigenvalue weighted by Gasteiger charge is 2.26. The van der Waals surface area contributed by atoms with E-state index in [9.17, 15) is 12.6 Å². The van der Waals surface area contributed by atoms with E-state index in [1.54, 1.807) is 13.8 Å². The molecule has 5 nitrogen and oxygen atoms in total. The molecule has 1 heterocycles. The number of rotatable bonds is 4. The van der Waals surface area contributed by atoms with Crippen molar-refractivity contribution < 1.29 is 12.6 Å². The van der Waals surface area contributed by atoms with E-state index in [0.29, 0.717) is 29.2 Å². The Balaban J connectivity index is 2.25. The number of aryl methyl sites for hydroxylation is 2. The standard InChI is InChI=1S/C14H22N2O3S2/c1-10-8-13(15-3)9-11(2)14(10)21(18,19)16-12-4-6-20(17)7-5-12/h8-9,12,15-16H,4-7H2,1-3H3. The van der Waals surface area contributed by atoms with Gasteiger partial charge in [-0.05, 0) is 49.9 Å². The van der Waals surface area contributed by atoms with Crippen molar-refractivity contribution in [1.82, 2.24) is 4.72 Å². The molecule has 2 rings (SSSR count). The first-order valence-corrected chi connectivity index (χ1v) is 9.97. The monoisotopic (exact) mass is 330 g/mol. The van der Waals surface area contributed by atoms with Crippen LogP contribution in [-0.4, -0.2) is 37.2 Å². The van der Waals surface area contributed by atoms with E-state index in [0.717, 1.165) is 16.8 Å². The smallest absolute Gasteiger partial charge is 0.241 e. The quantitative estimate of drug-likeness (QED) is 0.878. The van der Waals surface area contributed by atoms with E-state index < -0.39 is 20.8 Å². The van der Waals surface area contributed by atoms with Crippen LogP contribution >= 0.6 is 0 Å². The summed E-state index contributed by atoms with van der Waals surface area (Å²) in [4.78, 5) is 0.355. The molecule has 0 bridgehead atoms. The highest BCUT2D eigenvalue weighted by molar-refractivity contribution is 7.89. The Morgan fingerprint density at radius 2 is 1.67 bits per heavy atom. The summed E-state index contributed by atoms with van der Waals surface area (Å²) in [6.07, 6.45) is 1.27. The van der Waals surface area contributed by atoms with Crippen molar-refractivity contribution in [2.75, 3.05) is 23.9 Å². The van der Waals surface area contributed by atoms with Crippen LogP contribution in [0.1, 0.15) is 24.0 Å². The summed E-state index contributed by atoms with van der Waals surface area (Å²) in [5, 5.41) is 3.02. The Kier molecular flexibility index (Phi) is 5.06. The molecule has 1 saturated heterocycles. The molecule has 0 spiro atoms. The normalized spacial score (nSPS) is 23.0. The van der Waals surface area contributed by atoms with Crippen molar-refractivity contribution in [3.05, 3.63) is 23.3 Å². The molecule has 0 amide bonds. The fourth-order valence-corrected chi connectivity index (χ4v) is 5.77. The summed E-state index contributed by atoms with van der Waals surface area (Å²) >= 11 is 0. The van der Waals surface area contributed by atoms with Gasteiger partial charge in [0.15, 0.2) is 0 Å². The molecule has 21 heavy (non-hydrogen) atoms. The van der Waals surface area contributed by atoms with Crippen molar-refractivity contribution in [2.45, 2.75) is 37.6 Å². The van der Waals surface area contributed by atoms with Crippen LogP contribution in [0.5, 0.6) is 0 Å². The minimum absolute atomic E-state index is 0.115. The largest absolute Gasteiger partial charge is 0.388 e. The lowest BCUT2D eigenvalue weighted by molar-refractivity contribution is 0.521. The highest BCUT2D eigenvalue weighted by atomic mass is 32.2. The lowest BCUT2D eigenvalue weighted by atomic mass is 10.1. The molecule has 0 saturated carbocycles. The van der Waals surface area contributed by atoms with E-state index >= 15 is 0 Å². The first kappa shape index (κ1) is 16.5. The third-order valence-electron chi connectivity index (χ3n) is 3.73. The van der Waals surface area contributed by atoms with Gasteiger partial charge in [0.1, 0.15) is 0 Å². The number of nitrogens with one attached hydrogen (secondary N) is 2. The molecule has 0 atom stereocenters. The Hall–Kier alpha value is -0.920. The van der Waals surface area contributed by atoms with Crippen molar-refractivity contribution in [1.29, 1.82) is 0 Å². The molecule has 0 aromatic heterocycles. The third kappa shape index (κ3) is 3.84. The SMILES string of the molecule is CNc1cc(C)c(S(=O)(=O)NC2CCS(=O)CC2)c(C)c1. The molecule has 1 aliphatic rings. The minimum Gasteiger partial charge on any atom is -0.388 e. The lowest BCUT2D eigenvalue weighted by Crippen LogP contribution is -2.40. The van der Waals surface area contributed by atoms with Crippen LogP contribution in [0.25, 0.3) is 0 Å². The van der Waals surface area contributed by atoms with E-state index in [4.69, 9.17) is 0 Å². The number of hydrogen-bond donors (Lipinski definition) is 2. The summed E-state index contributed by atoms with van der Waals surface area (Å²) < 4.78 is 39.4. The Bertz CT molecular complexity index is 623. The van der Waals surface area contributed by atoms with Crippen LogP contribution in [0, 0.1) is 13.8 Å². The summed E-state index contributed by atoms with van der Waals surface area (Å²) in [6.45, 7) is 3.61. The Morgan fingerprint density at radius 3 is 2.14 bits per heavy atom. The minimum atomic E-state index is -3.54. The van der Waals surface area contributed by atoms with Crippen LogP contribution in [-0.2, 0) is 20.8 Å². The van der Waals surface area contributed by atoms with Gasteiger partial charge in [0.2, 0.25) is 10.0 Å². The van der Waals surface area contributed by atoms with E-state index in [-0.39, 0.29) is 6.04 Å². The maximum absolute atomic E-state index is 12.6. The van der Waals surface area contributed by atoms with Gasteiger partial charge < -0.3 is 5.32 Å². The van der Waals surface area contributed by atoms with Gasteiger partial charge in [-0.1, -0.05) is 0 Å². The van der Waals surface area contributed by atoms with Crippen LogP contribution in [0.4, 0.5) is 5.69 Å². The second kappa shape index (κ2) is 6.46. The van der Waals surface area contributed by atoms with Gasteiger partial charge in [-0.2, -0.15) is 0 Å². The maximum Gasteiger partial charge on any atom is 0.241 e. The van der Waals surface area contributed by atoms with E-state index in [1.165, 1.54) is 0 Å². The molecule has 0 unspecified atom stereocenters. The summed E-state index contributed by atoms with van der Waals surface area (Å²) in [7, 11) is -2.52. The van der Waals surface area contributed by atoms with Crippen LogP contribution in [0.3, 0.4) is 0 Å². The van der Waals surface area contributed by atoms with Gasteiger partial charge in [0.25, 0.3) is 0 Å². The van der Waals surface area contributed by atoms with Gasteiger partial charge in [0, 0.05) is 41.1 Å². The summed E-state index contributed by atoms with van der Waals surface area (Å²) in [5.74, 6) is 1.15. The van der Waals surface area contributed by atoms with Gasteiger partial charge in [0.05, 0.1) is 4.90 Å². The van der Waals surface area contributed by atoms with Gasteiger partial charge in [-0.15, -0.1) is 0 Å². The van der Waals surface area contributed by atoms with Gasteiger partial charge >= 0.3 is 0 Å². The fraction of sp³-hybridized carbons (Fsp3) is 0.571. The van der Waals surface area contributed by atoms with Crippen molar-refractivity contribution in [2.24, 2.45) is 0 Å². The fourth-order valence-electron chi connectivity index (χ4n) is 2.71. The average molecular weight is 330 g/mol. The molecule has 2 N–H and O–H groups in total. The van der Waals surface area contributed by atoms with Crippen molar-refractivity contribution in [3.63, 3.8) is 0 Å². The number of anilines is 1. The van der Waals surface area contributed by atoms with Crippen molar-refractivity contribution in [3.8, 4) is 0 Å². The molecule has 1 aromatic carbocycles. The topological polar surface area (TPSA) is 75.3 Å². The molecule has 118 valence electrons. The Labute approximate surface area is 129 Å². The first-order chi connectivity index (χ1) is 9.83. The molecule has 1 fully saturated rings. The molecule has 1 aliphatic heterocycles. The number of benzene rings is 1. The Morgan fingerprint density at radius 1 is 1.14 bits per heavy atom. The van der Waals surface area contributed by atoms with Crippen LogP contribution < -0.4 is 10.0 Å². The van der Waals surface area contributed by atoms with Gasteiger partial charge in [-0.25, -0.2) is 13.1 Å². The van der Waals surface area contributed by atoms with Crippen molar-refractivity contribution >= 4 is 26.5 Å². The molecular weight excluding hydrogens is 308 g/mol. The zero-order valence-corrected chi connectivity index (χ0v) is 14.2. The third-order valence-corrected chi connectivity index (χ3v) is 6.93. The zero-order chi connectivity index (χ0) is 15.6. The molecule has 0 radical (unpaired) electrons. The summed E-state index contributed by atoms with van der Waals surface area (Å²) in [5.41, 5.74) is 2.36. The predicted octanol–water partition coefficient (Wildman–Crippen LogP) is 1.53. The molecule has 1 aromatic rings. The zero-order valence-electron chi connectivity index (χ0n) is 12.6. The van der Waals surface area contributed by atoms with E-state index in [2.05, 4.69) is 10.0 Å². The maximum atomic E-state index is 12.6. The molecular formula is C14H22N2O3S2. The first-order valence-electron chi connectivity index (χ1n) is 7.00. The second-order valence-corrected chi connectivity index (χ2v) is 8.78. The number of sulfonamides is 1. The number of hydrogen-bond acceptors (Lipinski definition) is 4. The van der Waals surface area contributed by atoms with Crippen LogP contribution in [0.15, 0.2) is 17.0 Å². The van der Waals surface area contributed by atoms with E-state index in [1.807, 2.05) is 19.2 Å². The highest BCUT2D eigenvalue weighted by Crippen LogP contribution is 2.25. The lowest BCUT2D eigenvalue weighted by Gasteiger charge is -2.23. The molecule has 7 heteroatoms. The van der Waals surface area contributed by atoms with Gasteiger partial charge in [-0.3, -0.25) is 4.21 Å². The second-order valence-electron chi connectivity index (χ2n) is 5.43. The molecule has 0 aliphatic carbocycles.